The minimum atomic E-state index is -4.54. The highest BCUT2D eigenvalue weighted by atomic mass is 19.4. The molecular weight excluding hydrogens is 512 g/mol. The van der Waals surface area contributed by atoms with Crippen molar-refractivity contribution in [1.82, 2.24) is 4.90 Å². The third-order valence-electron chi connectivity index (χ3n) is 7.25. The summed E-state index contributed by atoms with van der Waals surface area (Å²) >= 11 is 0. The predicted octanol–water partition coefficient (Wildman–Crippen LogP) is 6.64. The lowest BCUT2D eigenvalue weighted by Gasteiger charge is -2.45. The van der Waals surface area contributed by atoms with Crippen molar-refractivity contribution < 1.29 is 27.0 Å². The average Bonchev–Trinajstić information content (AvgIpc) is 2.95. The molecule has 2 aliphatic rings. The third kappa shape index (κ3) is 5.07. The number of anilines is 2. The van der Waals surface area contributed by atoms with Gasteiger partial charge in [-0.2, -0.15) is 13.2 Å². The molecule has 0 aromatic heterocycles. The Kier molecular flexibility index (Phi) is 7.29. The van der Waals surface area contributed by atoms with E-state index in [4.69, 9.17) is 14.5 Å². The SMILES string of the molecule is CC[C@H]1c2cccc(F)c2N=C(N2CCN(c3cccc(OC)c3)CC2)N1c1cc(C(F)(F)F)ccc1OC. The largest absolute Gasteiger partial charge is 0.497 e. The summed E-state index contributed by atoms with van der Waals surface area (Å²) in [6.07, 6.45) is -4.03. The van der Waals surface area contributed by atoms with E-state index in [0.717, 1.165) is 23.6 Å². The van der Waals surface area contributed by atoms with Crippen molar-refractivity contribution in [2.24, 2.45) is 4.99 Å². The molecule has 2 heterocycles. The molecule has 0 saturated carbocycles. The number of aliphatic imine (C=N–C) groups is 1. The van der Waals surface area contributed by atoms with Crippen molar-refractivity contribution >= 4 is 23.0 Å². The first-order valence-corrected chi connectivity index (χ1v) is 12.8. The van der Waals surface area contributed by atoms with Gasteiger partial charge in [-0.25, -0.2) is 9.38 Å². The molecule has 2 aliphatic heterocycles. The molecule has 1 saturated heterocycles. The molecule has 0 radical (unpaired) electrons. The molecule has 0 spiro atoms. The highest BCUT2D eigenvalue weighted by Crippen LogP contribution is 2.46. The van der Waals surface area contributed by atoms with E-state index < -0.39 is 23.6 Å². The predicted molar refractivity (Wildman–Crippen MR) is 144 cm³/mol. The summed E-state index contributed by atoms with van der Waals surface area (Å²) in [7, 11) is 3.05. The number of alkyl halides is 3. The molecule has 1 fully saturated rings. The molecule has 5 rings (SSSR count). The van der Waals surface area contributed by atoms with Gasteiger partial charge in [0.1, 0.15) is 23.0 Å². The van der Waals surface area contributed by atoms with Gasteiger partial charge in [0.2, 0.25) is 5.96 Å². The van der Waals surface area contributed by atoms with Crippen LogP contribution in [0.5, 0.6) is 11.5 Å². The smallest absolute Gasteiger partial charge is 0.416 e. The van der Waals surface area contributed by atoms with E-state index in [1.807, 2.05) is 36.1 Å². The first-order chi connectivity index (χ1) is 18.7. The van der Waals surface area contributed by atoms with Gasteiger partial charge in [-0.05, 0) is 42.8 Å². The van der Waals surface area contributed by atoms with Crippen LogP contribution in [0, 0.1) is 5.82 Å². The summed E-state index contributed by atoms with van der Waals surface area (Å²) in [4.78, 5) is 10.7. The molecule has 39 heavy (non-hydrogen) atoms. The van der Waals surface area contributed by atoms with Gasteiger partial charge in [-0.15, -0.1) is 0 Å². The van der Waals surface area contributed by atoms with Gasteiger partial charge in [-0.3, -0.25) is 0 Å². The third-order valence-corrected chi connectivity index (χ3v) is 7.25. The quantitative estimate of drug-likeness (QED) is 0.338. The summed E-state index contributed by atoms with van der Waals surface area (Å²) in [6.45, 7) is 4.28. The Hall–Kier alpha value is -3.95. The average molecular weight is 543 g/mol. The molecule has 0 aliphatic carbocycles. The van der Waals surface area contributed by atoms with Crippen LogP contribution in [0.25, 0.3) is 0 Å². The second kappa shape index (κ2) is 10.7. The van der Waals surface area contributed by atoms with E-state index in [1.54, 1.807) is 24.1 Å². The zero-order valence-corrected chi connectivity index (χ0v) is 22.0. The lowest BCUT2D eigenvalue weighted by molar-refractivity contribution is -0.137. The first-order valence-electron chi connectivity index (χ1n) is 12.8. The van der Waals surface area contributed by atoms with E-state index >= 15 is 4.39 Å². The van der Waals surface area contributed by atoms with Gasteiger partial charge in [0, 0.05) is 43.5 Å². The van der Waals surface area contributed by atoms with Gasteiger partial charge < -0.3 is 24.2 Å². The van der Waals surface area contributed by atoms with Gasteiger partial charge in [0.25, 0.3) is 0 Å². The Morgan fingerprint density at radius 2 is 1.62 bits per heavy atom. The Balaban J connectivity index is 1.57. The number of piperazine rings is 1. The zero-order chi connectivity index (χ0) is 27.7. The normalized spacial score (nSPS) is 17.6. The lowest BCUT2D eigenvalue weighted by atomic mass is 9.97. The van der Waals surface area contributed by atoms with Crippen molar-refractivity contribution in [1.29, 1.82) is 0 Å². The van der Waals surface area contributed by atoms with Gasteiger partial charge in [0.15, 0.2) is 0 Å². The fraction of sp³-hybridized carbons (Fsp3) is 0.345. The van der Waals surface area contributed by atoms with Crippen LogP contribution in [0.15, 0.2) is 65.7 Å². The number of nitrogens with zero attached hydrogens (tertiary/aromatic N) is 4. The van der Waals surface area contributed by atoms with Crippen LogP contribution in [-0.2, 0) is 6.18 Å². The van der Waals surface area contributed by atoms with Crippen molar-refractivity contribution in [3.05, 3.63) is 77.6 Å². The Morgan fingerprint density at radius 1 is 0.897 bits per heavy atom. The number of rotatable bonds is 5. The van der Waals surface area contributed by atoms with Crippen molar-refractivity contribution in [3.63, 3.8) is 0 Å². The van der Waals surface area contributed by atoms with E-state index in [9.17, 15) is 13.2 Å². The number of para-hydroxylation sites is 1. The Bertz CT molecular complexity index is 1370. The monoisotopic (exact) mass is 542 g/mol. The van der Waals surface area contributed by atoms with Crippen LogP contribution in [0.4, 0.5) is 34.6 Å². The van der Waals surface area contributed by atoms with Gasteiger partial charge in [0.05, 0.1) is 31.5 Å². The van der Waals surface area contributed by atoms with Gasteiger partial charge in [-0.1, -0.05) is 25.1 Å². The molecule has 0 bridgehead atoms. The second-order valence-electron chi connectivity index (χ2n) is 9.44. The minimum Gasteiger partial charge on any atom is -0.497 e. The summed E-state index contributed by atoms with van der Waals surface area (Å²) in [5.74, 6) is 0.979. The van der Waals surface area contributed by atoms with Crippen molar-refractivity contribution in [3.8, 4) is 11.5 Å². The summed E-state index contributed by atoms with van der Waals surface area (Å²) in [6, 6.07) is 15.5. The molecule has 206 valence electrons. The van der Waals surface area contributed by atoms with Crippen LogP contribution in [0.3, 0.4) is 0 Å². The molecule has 0 N–H and O–H groups in total. The van der Waals surface area contributed by atoms with Crippen LogP contribution < -0.4 is 19.3 Å². The highest BCUT2D eigenvalue weighted by Gasteiger charge is 2.39. The van der Waals surface area contributed by atoms with E-state index in [-0.39, 0.29) is 17.1 Å². The summed E-state index contributed by atoms with van der Waals surface area (Å²) < 4.78 is 67.3. The molecule has 6 nitrogen and oxygen atoms in total. The number of guanidine groups is 1. The highest BCUT2D eigenvalue weighted by molar-refractivity contribution is 6.02. The van der Waals surface area contributed by atoms with Crippen LogP contribution in [-0.4, -0.2) is 51.3 Å². The number of fused-ring (bicyclic) bond motifs is 1. The second-order valence-corrected chi connectivity index (χ2v) is 9.44. The maximum atomic E-state index is 15.0. The molecule has 3 aromatic rings. The maximum Gasteiger partial charge on any atom is 0.416 e. The lowest BCUT2D eigenvalue weighted by Crippen LogP contribution is -2.55. The molecule has 1 atom stereocenters. The van der Waals surface area contributed by atoms with E-state index in [2.05, 4.69) is 4.90 Å². The van der Waals surface area contributed by atoms with E-state index in [1.165, 1.54) is 19.2 Å². The number of hydrogen-bond acceptors (Lipinski definition) is 6. The van der Waals surface area contributed by atoms with Crippen LogP contribution in [0.2, 0.25) is 0 Å². The summed E-state index contributed by atoms with van der Waals surface area (Å²) in [5, 5.41) is 0. The standard InChI is InChI=1S/C29H30F4N4O2/c1-4-24-22-9-6-10-23(30)27(22)34-28(37(24)25-17-19(29(31,32)33)11-12-26(25)39-3)36-15-13-35(14-16-36)20-7-5-8-21(18-20)38-2/h5-12,17-18,24H,4,13-16H2,1-3H3/t24-/m0/s1. The first kappa shape index (κ1) is 26.6. The van der Waals surface area contributed by atoms with E-state index in [0.29, 0.717) is 44.1 Å². The van der Waals surface area contributed by atoms with Crippen molar-refractivity contribution in [2.75, 3.05) is 50.2 Å². The molecule has 10 heteroatoms. The fourth-order valence-corrected chi connectivity index (χ4v) is 5.28. The van der Waals surface area contributed by atoms with Crippen LogP contribution >= 0.6 is 0 Å². The number of hydrogen-bond donors (Lipinski definition) is 0. The summed E-state index contributed by atoms with van der Waals surface area (Å²) in [5.41, 5.74) is 1.30. The number of methoxy groups -OCH3 is 2. The minimum absolute atomic E-state index is 0.219. The van der Waals surface area contributed by atoms with Crippen LogP contribution in [0.1, 0.15) is 30.5 Å². The Labute approximate surface area is 225 Å². The number of halogens is 4. The zero-order valence-electron chi connectivity index (χ0n) is 22.0. The fourth-order valence-electron chi connectivity index (χ4n) is 5.28. The molecular formula is C29H30F4N4O2. The topological polar surface area (TPSA) is 40.5 Å². The maximum absolute atomic E-state index is 15.0. The number of ether oxygens (including phenoxy) is 2. The molecule has 0 unspecified atom stereocenters. The molecule has 0 amide bonds. The van der Waals surface area contributed by atoms with Gasteiger partial charge >= 0.3 is 6.18 Å². The van der Waals surface area contributed by atoms with Crippen molar-refractivity contribution in [2.45, 2.75) is 25.6 Å². The Morgan fingerprint density at radius 3 is 2.28 bits per heavy atom. The number of benzene rings is 3. The molecule has 3 aromatic carbocycles.